The third-order valence-electron chi connectivity index (χ3n) is 3.82. The second-order valence-electron chi connectivity index (χ2n) is 5.46. The zero-order chi connectivity index (χ0) is 16.5. The number of ketones is 1. The van der Waals surface area contributed by atoms with Gasteiger partial charge in [0.1, 0.15) is 17.6 Å². The molecule has 0 aliphatic carbocycles. The van der Waals surface area contributed by atoms with E-state index < -0.39 is 17.0 Å². The van der Waals surface area contributed by atoms with Gasteiger partial charge < -0.3 is 4.90 Å². The number of rotatable bonds is 3. The fraction of sp³-hybridized carbons (Fsp3) is 0.312. The normalized spacial score (nSPS) is 21.9. The van der Waals surface area contributed by atoms with Crippen molar-refractivity contribution in [3.8, 4) is 0 Å². The molecule has 6 heteroatoms. The van der Waals surface area contributed by atoms with E-state index in [0.29, 0.717) is 10.2 Å². The number of carbonyl (C=O) groups excluding carboxylic acids is 2. The zero-order valence-corrected chi connectivity index (χ0v) is 13.7. The second kappa shape index (κ2) is 6.15. The summed E-state index contributed by atoms with van der Waals surface area (Å²) in [6, 6.07) is 3.67. The lowest BCUT2D eigenvalue weighted by atomic mass is 9.82. The molecule has 0 saturated carbocycles. The summed E-state index contributed by atoms with van der Waals surface area (Å²) in [6.45, 7) is 3.40. The maximum Gasteiger partial charge on any atom is 0.183 e. The van der Waals surface area contributed by atoms with Crippen molar-refractivity contribution in [2.24, 2.45) is 5.41 Å². The average molecular weight is 370 g/mol. The molecular formula is C16H14BrF2NO2. The predicted molar refractivity (Wildman–Crippen MR) is 81.8 cm³/mol. The van der Waals surface area contributed by atoms with Gasteiger partial charge in [0.25, 0.3) is 0 Å². The van der Waals surface area contributed by atoms with Crippen molar-refractivity contribution in [1.82, 2.24) is 4.90 Å². The van der Waals surface area contributed by atoms with Crippen molar-refractivity contribution in [3.63, 3.8) is 0 Å². The first-order valence-electron chi connectivity index (χ1n) is 6.61. The molecule has 1 atom stereocenters. The quantitative estimate of drug-likeness (QED) is 0.766. The lowest BCUT2D eigenvalue weighted by Crippen LogP contribution is -2.44. The number of allylic oxidation sites excluding steroid dienone is 2. The summed E-state index contributed by atoms with van der Waals surface area (Å²) in [5.41, 5.74) is -0.583. The van der Waals surface area contributed by atoms with Crippen LogP contribution in [-0.4, -0.2) is 23.2 Å². The number of carbonyl (C=O) groups is 1. The Hall–Kier alpha value is -1.78. The van der Waals surface area contributed by atoms with Crippen LogP contribution in [0.15, 0.2) is 34.5 Å². The van der Waals surface area contributed by atoms with Crippen LogP contribution >= 0.6 is 15.9 Å². The smallest absolute Gasteiger partial charge is 0.183 e. The van der Waals surface area contributed by atoms with E-state index in [2.05, 4.69) is 15.9 Å². The molecule has 0 saturated heterocycles. The standard InChI is InChI=1S/C16H14BrF2NO2/c1-10-14(17)15(22)16(2,6-7-21)9-20(10)8-11-12(18)4-3-5-13(11)19/h3-6H,8-9H2,1-2H3. The Balaban J connectivity index is 2.43. The van der Waals surface area contributed by atoms with Gasteiger partial charge in [0, 0.05) is 30.4 Å². The highest BCUT2D eigenvalue weighted by molar-refractivity contribution is 9.12. The van der Waals surface area contributed by atoms with Gasteiger partial charge >= 0.3 is 0 Å². The minimum atomic E-state index is -1.08. The van der Waals surface area contributed by atoms with E-state index in [1.807, 2.05) is 0 Å². The molecule has 1 aromatic carbocycles. The van der Waals surface area contributed by atoms with Crippen molar-refractivity contribution < 1.29 is 18.4 Å². The first kappa shape index (κ1) is 16.6. The summed E-state index contributed by atoms with van der Waals surface area (Å²) < 4.78 is 27.9. The molecule has 1 unspecified atom stereocenters. The third kappa shape index (κ3) is 2.89. The summed E-state index contributed by atoms with van der Waals surface area (Å²) in [5.74, 6) is 0.0956. The van der Waals surface area contributed by atoms with Crippen LogP contribution in [0.4, 0.5) is 8.78 Å². The summed E-state index contributed by atoms with van der Waals surface area (Å²) >= 11 is 3.21. The first-order valence-corrected chi connectivity index (χ1v) is 7.40. The van der Waals surface area contributed by atoms with E-state index >= 15 is 0 Å². The molecule has 0 radical (unpaired) electrons. The Labute approximate surface area is 135 Å². The van der Waals surface area contributed by atoms with Gasteiger partial charge in [0.15, 0.2) is 5.78 Å². The Bertz CT molecular complexity index is 690. The van der Waals surface area contributed by atoms with E-state index in [1.54, 1.807) is 24.7 Å². The molecule has 22 heavy (non-hydrogen) atoms. The molecule has 0 amide bonds. The van der Waals surface area contributed by atoms with Gasteiger partial charge in [-0.1, -0.05) is 6.07 Å². The predicted octanol–water partition coefficient (Wildman–Crippen LogP) is 3.37. The minimum Gasteiger partial charge on any atom is -0.368 e. The van der Waals surface area contributed by atoms with Crippen LogP contribution in [0.25, 0.3) is 0 Å². The summed E-state index contributed by atoms with van der Waals surface area (Å²) in [6.07, 6.45) is 1.15. The number of hydrogen-bond donors (Lipinski definition) is 0. The summed E-state index contributed by atoms with van der Waals surface area (Å²) in [5, 5.41) is 0. The number of benzene rings is 1. The lowest BCUT2D eigenvalue weighted by Gasteiger charge is -2.38. The first-order chi connectivity index (χ1) is 10.3. The topological polar surface area (TPSA) is 37.4 Å². The van der Waals surface area contributed by atoms with Gasteiger partial charge in [-0.3, -0.25) is 4.79 Å². The maximum absolute atomic E-state index is 13.8. The molecule has 116 valence electrons. The van der Waals surface area contributed by atoms with E-state index in [4.69, 9.17) is 0 Å². The van der Waals surface area contributed by atoms with Crippen LogP contribution in [0, 0.1) is 17.0 Å². The molecule has 1 heterocycles. The van der Waals surface area contributed by atoms with Gasteiger partial charge in [-0.05, 0) is 41.9 Å². The fourth-order valence-electron chi connectivity index (χ4n) is 2.43. The Kier molecular flexibility index (Phi) is 4.63. The van der Waals surface area contributed by atoms with Crippen LogP contribution in [0.5, 0.6) is 0 Å². The molecule has 0 fully saturated rings. The minimum absolute atomic E-state index is 0.0327. The molecule has 0 spiro atoms. The summed E-state index contributed by atoms with van der Waals surface area (Å²) in [4.78, 5) is 24.6. The molecule has 1 aliphatic rings. The van der Waals surface area contributed by atoms with Gasteiger partial charge in [-0.15, -0.1) is 0 Å². The highest BCUT2D eigenvalue weighted by Gasteiger charge is 2.40. The van der Waals surface area contributed by atoms with E-state index in [0.717, 1.165) is 6.08 Å². The third-order valence-corrected chi connectivity index (χ3v) is 4.75. The van der Waals surface area contributed by atoms with E-state index in [-0.39, 0.29) is 24.4 Å². The molecule has 0 bridgehead atoms. The molecule has 1 aromatic rings. The number of nitrogens with zero attached hydrogens (tertiary/aromatic N) is 1. The molecule has 1 aliphatic heterocycles. The Morgan fingerprint density at radius 2 is 2.00 bits per heavy atom. The average Bonchev–Trinajstić information content (AvgIpc) is 2.46. The second-order valence-corrected chi connectivity index (χ2v) is 6.26. The van der Waals surface area contributed by atoms with Gasteiger partial charge in [0.2, 0.25) is 0 Å². The van der Waals surface area contributed by atoms with Crippen LogP contribution in [0.1, 0.15) is 19.4 Å². The van der Waals surface area contributed by atoms with Crippen molar-refractivity contribution in [2.45, 2.75) is 20.4 Å². The highest BCUT2D eigenvalue weighted by Crippen LogP contribution is 2.36. The Morgan fingerprint density at radius 3 is 2.55 bits per heavy atom. The van der Waals surface area contributed by atoms with E-state index in [9.17, 15) is 18.4 Å². The van der Waals surface area contributed by atoms with Gasteiger partial charge in [-0.25, -0.2) is 13.6 Å². The van der Waals surface area contributed by atoms with Crippen LogP contribution in [-0.2, 0) is 16.1 Å². The Morgan fingerprint density at radius 1 is 1.41 bits per heavy atom. The SMILES string of the molecule is CC1=C(Br)C(=O)C(C)(C=C=O)CN1Cc1c(F)cccc1F. The lowest BCUT2D eigenvalue weighted by molar-refractivity contribution is -0.122. The molecule has 3 nitrogen and oxygen atoms in total. The van der Waals surface area contributed by atoms with E-state index in [1.165, 1.54) is 18.2 Å². The zero-order valence-electron chi connectivity index (χ0n) is 12.1. The molecule has 0 aromatic heterocycles. The molecular weight excluding hydrogens is 356 g/mol. The fourth-order valence-corrected chi connectivity index (χ4v) is 3.13. The van der Waals surface area contributed by atoms with Crippen molar-refractivity contribution in [1.29, 1.82) is 0 Å². The monoisotopic (exact) mass is 369 g/mol. The van der Waals surface area contributed by atoms with Gasteiger partial charge in [-0.2, -0.15) is 0 Å². The summed E-state index contributed by atoms with van der Waals surface area (Å²) in [7, 11) is 0. The highest BCUT2D eigenvalue weighted by atomic mass is 79.9. The van der Waals surface area contributed by atoms with Crippen molar-refractivity contribution >= 4 is 27.7 Å². The molecule has 2 rings (SSSR count). The van der Waals surface area contributed by atoms with Gasteiger partial charge in [0.05, 0.1) is 9.90 Å². The number of halogens is 3. The number of Topliss-reactive ketones (excluding diaryl/α,β-unsaturated/α-hetero) is 1. The van der Waals surface area contributed by atoms with Crippen molar-refractivity contribution in [3.05, 3.63) is 51.7 Å². The molecule has 0 N–H and O–H groups in total. The van der Waals surface area contributed by atoms with Crippen LogP contribution in [0.3, 0.4) is 0 Å². The maximum atomic E-state index is 13.8. The number of hydrogen-bond acceptors (Lipinski definition) is 3. The largest absolute Gasteiger partial charge is 0.368 e. The van der Waals surface area contributed by atoms with Crippen LogP contribution in [0.2, 0.25) is 0 Å². The van der Waals surface area contributed by atoms with Crippen LogP contribution < -0.4 is 0 Å². The van der Waals surface area contributed by atoms with Crippen molar-refractivity contribution in [2.75, 3.05) is 6.54 Å².